The number of imide groups is 1. The summed E-state index contributed by atoms with van der Waals surface area (Å²) in [4.78, 5) is 25.9. The lowest BCUT2D eigenvalue weighted by Gasteiger charge is -2.16. The predicted octanol–water partition coefficient (Wildman–Crippen LogP) is 3.09. The van der Waals surface area contributed by atoms with Gasteiger partial charge in [-0.15, -0.1) is 0 Å². The third-order valence-corrected chi connectivity index (χ3v) is 3.91. The van der Waals surface area contributed by atoms with Crippen LogP contribution >= 0.6 is 11.6 Å². The van der Waals surface area contributed by atoms with Gasteiger partial charge in [-0.2, -0.15) is 0 Å². The summed E-state index contributed by atoms with van der Waals surface area (Å²) >= 11 is 5.84. The van der Waals surface area contributed by atoms with Crippen molar-refractivity contribution in [3.63, 3.8) is 0 Å². The molecule has 1 heterocycles. The Hall–Kier alpha value is -2.53. The molecule has 1 aliphatic rings. The van der Waals surface area contributed by atoms with Crippen LogP contribution in [0.4, 0.5) is 11.4 Å². The second-order valence-electron chi connectivity index (χ2n) is 5.17. The number of rotatable bonds is 4. The molecule has 0 spiro atoms. The van der Waals surface area contributed by atoms with Crippen molar-refractivity contribution in [1.29, 1.82) is 0 Å². The first-order valence-electron chi connectivity index (χ1n) is 7.11. The molecule has 1 aliphatic heterocycles. The maximum atomic E-state index is 12.5. The van der Waals surface area contributed by atoms with Crippen LogP contribution in [-0.2, 0) is 9.59 Å². The molecule has 6 heteroatoms. The molecular weight excluding hydrogens is 316 g/mol. The highest BCUT2D eigenvalue weighted by atomic mass is 35.5. The lowest BCUT2D eigenvalue weighted by molar-refractivity contribution is -0.121. The fourth-order valence-electron chi connectivity index (χ4n) is 2.49. The van der Waals surface area contributed by atoms with Gasteiger partial charge in [-0.1, -0.05) is 11.6 Å². The highest BCUT2D eigenvalue weighted by Gasteiger charge is 2.39. The highest BCUT2D eigenvalue weighted by molar-refractivity contribution is 6.30. The van der Waals surface area contributed by atoms with Crippen molar-refractivity contribution in [2.45, 2.75) is 12.5 Å². The molecule has 23 heavy (non-hydrogen) atoms. The maximum Gasteiger partial charge on any atom is 0.256 e. The largest absolute Gasteiger partial charge is 0.497 e. The first kappa shape index (κ1) is 15.4. The number of carbonyl (C=O) groups is 2. The second-order valence-corrected chi connectivity index (χ2v) is 5.61. The Kier molecular flexibility index (Phi) is 4.21. The first-order valence-corrected chi connectivity index (χ1v) is 7.49. The molecule has 0 aromatic heterocycles. The van der Waals surface area contributed by atoms with Crippen molar-refractivity contribution in [2.24, 2.45) is 0 Å². The molecule has 1 unspecified atom stereocenters. The number of benzene rings is 2. The van der Waals surface area contributed by atoms with E-state index in [9.17, 15) is 9.59 Å². The van der Waals surface area contributed by atoms with Crippen molar-refractivity contribution < 1.29 is 14.3 Å². The van der Waals surface area contributed by atoms with Crippen LogP contribution in [0.25, 0.3) is 0 Å². The zero-order chi connectivity index (χ0) is 16.4. The molecule has 3 rings (SSSR count). The minimum absolute atomic E-state index is 0.119. The minimum atomic E-state index is -0.578. The predicted molar refractivity (Wildman–Crippen MR) is 89.0 cm³/mol. The van der Waals surface area contributed by atoms with Gasteiger partial charge in [0.15, 0.2) is 0 Å². The summed E-state index contributed by atoms with van der Waals surface area (Å²) in [5.74, 6) is 0.172. The van der Waals surface area contributed by atoms with Crippen molar-refractivity contribution in [1.82, 2.24) is 0 Å². The number of ether oxygens (including phenoxy) is 1. The van der Waals surface area contributed by atoms with Gasteiger partial charge in [0.2, 0.25) is 5.91 Å². The molecule has 0 bridgehead atoms. The van der Waals surface area contributed by atoms with Crippen LogP contribution in [0.5, 0.6) is 5.75 Å². The van der Waals surface area contributed by atoms with E-state index < -0.39 is 6.04 Å². The third kappa shape index (κ3) is 3.14. The Morgan fingerprint density at radius 1 is 1.09 bits per heavy atom. The van der Waals surface area contributed by atoms with E-state index in [1.54, 1.807) is 55.6 Å². The second kappa shape index (κ2) is 6.30. The Labute approximate surface area is 138 Å². The summed E-state index contributed by atoms with van der Waals surface area (Å²) in [7, 11) is 1.56. The van der Waals surface area contributed by atoms with E-state index in [0.29, 0.717) is 16.5 Å². The number of nitrogens with one attached hydrogen (secondary N) is 1. The molecule has 2 amide bonds. The molecule has 1 atom stereocenters. The van der Waals surface area contributed by atoms with Crippen molar-refractivity contribution in [3.8, 4) is 5.75 Å². The highest BCUT2D eigenvalue weighted by Crippen LogP contribution is 2.27. The van der Waals surface area contributed by atoms with Crippen LogP contribution in [0.2, 0.25) is 5.02 Å². The van der Waals surface area contributed by atoms with Crippen LogP contribution in [-0.4, -0.2) is 25.0 Å². The molecule has 118 valence electrons. The fourth-order valence-corrected chi connectivity index (χ4v) is 2.62. The number of nitrogens with zero attached hydrogens (tertiary/aromatic N) is 1. The number of hydrogen-bond acceptors (Lipinski definition) is 4. The lowest BCUT2D eigenvalue weighted by atomic mass is 10.2. The summed E-state index contributed by atoms with van der Waals surface area (Å²) in [6.45, 7) is 0. The molecule has 1 saturated heterocycles. The minimum Gasteiger partial charge on any atom is -0.497 e. The SMILES string of the molecule is COc1ccc(N2C(=O)CC(Nc3ccc(Cl)cc3)C2=O)cc1. The van der Waals surface area contributed by atoms with Gasteiger partial charge in [0.25, 0.3) is 5.91 Å². The van der Waals surface area contributed by atoms with Crippen molar-refractivity contribution in [2.75, 3.05) is 17.3 Å². The lowest BCUT2D eigenvalue weighted by Crippen LogP contribution is -2.34. The van der Waals surface area contributed by atoms with E-state index in [2.05, 4.69) is 5.32 Å². The van der Waals surface area contributed by atoms with Crippen LogP contribution < -0.4 is 15.0 Å². The molecule has 5 nitrogen and oxygen atoms in total. The van der Waals surface area contributed by atoms with Gasteiger partial charge in [-0.3, -0.25) is 9.59 Å². The third-order valence-electron chi connectivity index (χ3n) is 3.66. The zero-order valence-electron chi connectivity index (χ0n) is 12.5. The van der Waals surface area contributed by atoms with Crippen molar-refractivity contribution in [3.05, 3.63) is 53.6 Å². The molecule has 1 fully saturated rings. The average Bonchev–Trinajstić information content (AvgIpc) is 2.84. The van der Waals surface area contributed by atoms with Crippen LogP contribution in [0.1, 0.15) is 6.42 Å². The molecule has 0 aliphatic carbocycles. The van der Waals surface area contributed by atoms with Gasteiger partial charge in [0, 0.05) is 10.7 Å². The molecule has 1 N–H and O–H groups in total. The smallest absolute Gasteiger partial charge is 0.256 e. The summed E-state index contributed by atoms with van der Waals surface area (Å²) in [5, 5.41) is 3.69. The topological polar surface area (TPSA) is 58.6 Å². The van der Waals surface area contributed by atoms with E-state index in [-0.39, 0.29) is 18.2 Å². The van der Waals surface area contributed by atoms with Crippen molar-refractivity contribution >= 4 is 34.8 Å². The van der Waals surface area contributed by atoms with Gasteiger partial charge in [-0.25, -0.2) is 4.90 Å². The Morgan fingerprint density at radius 3 is 2.35 bits per heavy atom. The number of halogens is 1. The Bertz CT molecular complexity index is 729. The van der Waals surface area contributed by atoms with Gasteiger partial charge in [0.05, 0.1) is 19.2 Å². The van der Waals surface area contributed by atoms with Gasteiger partial charge in [0.1, 0.15) is 11.8 Å². The molecule has 0 radical (unpaired) electrons. The Balaban J connectivity index is 1.77. The van der Waals surface area contributed by atoms with Crippen LogP contribution in [0, 0.1) is 0 Å². The Morgan fingerprint density at radius 2 is 1.74 bits per heavy atom. The monoisotopic (exact) mass is 330 g/mol. The number of anilines is 2. The quantitative estimate of drug-likeness (QED) is 0.875. The average molecular weight is 331 g/mol. The summed E-state index contributed by atoms with van der Waals surface area (Å²) in [6.07, 6.45) is 0.119. The maximum absolute atomic E-state index is 12.5. The molecular formula is C17H15ClN2O3. The number of carbonyl (C=O) groups excluding carboxylic acids is 2. The van der Waals surface area contributed by atoms with E-state index in [1.807, 2.05) is 0 Å². The molecule has 0 saturated carbocycles. The standard InChI is InChI=1S/C17H15ClN2O3/c1-23-14-8-6-13(7-9-14)20-16(21)10-15(17(20)22)19-12-4-2-11(18)3-5-12/h2-9,15,19H,10H2,1H3. The summed E-state index contributed by atoms with van der Waals surface area (Å²) < 4.78 is 5.08. The fraction of sp³-hybridized carbons (Fsp3) is 0.176. The van der Waals surface area contributed by atoms with E-state index in [4.69, 9.17) is 16.3 Å². The summed E-state index contributed by atoms with van der Waals surface area (Å²) in [6, 6.07) is 13.3. The van der Waals surface area contributed by atoms with E-state index in [1.165, 1.54) is 4.90 Å². The van der Waals surface area contributed by atoms with Gasteiger partial charge in [-0.05, 0) is 48.5 Å². The van der Waals surface area contributed by atoms with E-state index >= 15 is 0 Å². The number of amides is 2. The first-order chi connectivity index (χ1) is 11.1. The summed E-state index contributed by atoms with van der Waals surface area (Å²) in [5.41, 5.74) is 1.29. The number of hydrogen-bond donors (Lipinski definition) is 1. The van der Waals surface area contributed by atoms with Crippen LogP contribution in [0.15, 0.2) is 48.5 Å². The number of methoxy groups -OCH3 is 1. The molecule has 2 aromatic rings. The zero-order valence-corrected chi connectivity index (χ0v) is 13.2. The normalized spacial score (nSPS) is 17.5. The van der Waals surface area contributed by atoms with Gasteiger partial charge >= 0.3 is 0 Å². The molecule has 2 aromatic carbocycles. The van der Waals surface area contributed by atoms with Gasteiger partial charge < -0.3 is 10.1 Å². The van der Waals surface area contributed by atoms with E-state index in [0.717, 1.165) is 5.69 Å². The van der Waals surface area contributed by atoms with Crippen LogP contribution in [0.3, 0.4) is 0 Å².